The van der Waals surface area contributed by atoms with Crippen molar-refractivity contribution < 1.29 is 39.9 Å². The van der Waals surface area contributed by atoms with Crippen molar-refractivity contribution in [3.05, 3.63) is 167 Å². The Bertz CT molecular complexity index is 3420. The molecule has 0 aliphatic carbocycles. The summed E-state index contributed by atoms with van der Waals surface area (Å²) in [5.74, 6) is -1.65. The zero-order chi connectivity index (χ0) is 52.9. The second-order valence-corrected chi connectivity index (χ2v) is 18.8. The van der Waals surface area contributed by atoms with Gasteiger partial charge in [0.1, 0.15) is 11.6 Å². The Balaban J connectivity index is 0.00000780. The van der Waals surface area contributed by atoms with Crippen LogP contribution in [0.3, 0.4) is 0 Å². The number of phenolic OH excluding ortho intramolecular Hbond substituents is 1. The van der Waals surface area contributed by atoms with Crippen molar-refractivity contribution in [2.45, 2.75) is 106 Å². The Morgan fingerprint density at radius 1 is 0.714 bits per heavy atom. The van der Waals surface area contributed by atoms with Crippen molar-refractivity contribution in [3.8, 4) is 67.5 Å². The van der Waals surface area contributed by atoms with Crippen LogP contribution in [0, 0.1) is 19.8 Å². The minimum atomic E-state index is -2.65. The first-order valence-corrected chi connectivity index (χ1v) is 21.0. The Labute approximate surface area is 403 Å². The van der Waals surface area contributed by atoms with E-state index in [4.69, 9.17) is 23.7 Å². The molecule has 0 aliphatic heterocycles. The summed E-state index contributed by atoms with van der Waals surface area (Å²) in [6.45, 7) is 18.8. The van der Waals surface area contributed by atoms with Crippen LogP contribution >= 0.6 is 0 Å². The fraction of sp³-hybridized carbons (Fsp3) is 0.276. The number of rotatable bonds is 8. The van der Waals surface area contributed by atoms with Crippen LogP contribution in [0.1, 0.15) is 128 Å². The predicted molar refractivity (Wildman–Crippen MR) is 262 cm³/mol. The van der Waals surface area contributed by atoms with Gasteiger partial charge < -0.3 is 5.11 Å². The average Bonchev–Trinajstić information content (AvgIpc) is 3.68. The second-order valence-electron chi connectivity index (χ2n) is 18.8. The third kappa shape index (κ3) is 9.11. The van der Waals surface area contributed by atoms with Crippen molar-refractivity contribution in [1.29, 1.82) is 0 Å². The van der Waals surface area contributed by atoms with E-state index in [0.29, 0.717) is 83.9 Å². The van der Waals surface area contributed by atoms with Gasteiger partial charge in [0, 0.05) is 45.4 Å². The van der Waals surface area contributed by atoms with Gasteiger partial charge in [-0.05, 0) is 111 Å². The van der Waals surface area contributed by atoms with Gasteiger partial charge in [-0.25, -0.2) is 4.98 Å². The Hall–Kier alpha value is -5.57. The molecule has 0 unspecified atom stereocenters. The molecule has 4 nitrogen and oxygen atoms in total. The summed E-state index contributed by atoms with van der Waals surface area (Å²) in [4.78, 5) is 10.1. The van der Waals surface area contributed by atoms with E-state index < -0.39 is 42.2 Å². The number of aromatic nitrogens is 3. The van der Waals surface area contributed by atoms with Gasteiger partial charge in [0.25, 0.3) is 0 Å². The normalized spacial score (nSPS) is 14.8. The largest absolute Gasteiger partial charge is 0.507 e. The van der Waals surface area contributed by atoms with E-state index in [1.54, 1.807) is 58.2 Å². The first kappa shape index (κ1) is 33.9. The summed E-state index contributed by atoms with van der Waals surface area (Å²) in [6.07, 6.45) is 1.55. The number of nitrogens with zero attached hydrogens (tertiary/aromatic N) is 3. The number of benzene rings is 6. The maximum Gasteiger partial charge on any atom is 0.148 e. The summed E-state index contributed by atoms with van der Waals surface area (Å²) < 4.78 is 88.9. The predicted octanol–water partition coefficient (Wildman–Crippen LogP) is 15.7. The minimum absolute atomic E-state index is 0. The number of aryl methyl sites for hydroxylation is 2. The molecular formula is C58H60N3OPt-. The van der Waals surface area contributed by atoms with Gasteiger partial charge in [0.05, 0.1) is 29.1 Å². The summed E-state index contributed by atoms with van der Waals surface area (Å²) in [6, 6.07) is 29.4. The number of pyridine rings is 1. The van der Waals surface area contributed by atoms with Crippen LogP contribution in [-0.2, 0) is 31.9 Å². The molecule has 0 saturated carbocycles. The molecule has 6 aromatic carbocycles. The maximum absolute atomic E-state index is 12.3. The Kier molecular flexibility index (Phi) is 9.44. The fourth-order valence-electron chi connectivity index (χ4n) is 7.96. The molecule has 324 valence electrons. The molecule has 8 rings (SSSR count). The number of para-hydroxylation sites is 1. The first-order valence-electron chi connectivity index (χ1n) is 26.0. The summed E-state index contributed by atoms with van der Waals surface area (Å²) in [5, 5.41) is 12.3. The SMILES string of the molecule is [2H]c1c([2H])c([2H])c(-c2ccnc(-c3[c-]c(-c4cccc5c4nc(-c4cc(C)cc(C(C)(C)C)c4O)n5-c4ccc(-c5cc(C([2H])(C)C)cc(C([2H])(C)C)c5)cc4C([2H])([2H])[2H])cc(C(C)(C)C)c3)c2)c([2H])c1[2H].[Pt]. The zero-order valence-corrected chi connectivity index (χ0v) is 40.1. The van der Waals surface area contributed by atoms with Gasteiger partial charge in [-0.15, -0.1) is 29.3 Å². The van der Waals surface area contributed by atoms with Gasteiger partial charge >= 0.3 is 0 Å². The summed E-state index contributed by atoms with van der Waals surface area (Å²) >= 11 is 0. The number of aromatic hydroxyl groups is 1. The number of fused-ring (bicyclic) bond motifs is 1. The van der Waals surface area contributed by atoms with E-state index in [1.807, 2.05) is 99.0 Å². The Morgan fingerprint density at radius 3 is 2.05 bits per heavy atom. The van der Waals surface area contributed by atoms with Gasteiger partial charge in [-0.2, -0.15) is 0 Å². The van der Waals surface area contributed by atoms with Gasteiger partial charge in [-0.3, -0.25) is 9.55 Å². The van der Waals surface area contributed by atoms with Gasteiger partial charge in [-0.1, -0.05) is 159 Å². The van der Waals surface area contributed by atoms with E-state index in [1.165, 1.54) is 0 Å². The molecular weight excluding hydrogens is 950 g/mol. The van der Waals surface area contributed by atoms with E-state index in [-0.39, 0.29) is 55.4 Å². The van der Waals surface area contributed by atoms with Crippen molar-refractivity contribution in [3.63, 3.8) is 0 Å². The molecule has 0 spiro atoms. The number of imidazole rings is 1. The van der Waals surface area contributed by atoms with Crippen molar-refractivity contribution in [2.24, 2.45) is 0 Å². The van der Waals surface area contributed by atoms with E-state index in [9.17, 15) is 5.11 Å². The van der Waals surface area contributed by atoms with E-state index in [0.717, 1.165) is 11.1 Å². The smallest absolute Gasteiger partial charge is 0.148 e. The molecule has 2 aromatic heterocycles. The molecule has 0 atom stereocenters. The van der Waals surface area contributed by atoms with Crippen molar-refractivity contribution >= 4 is 11.0 Å². The molecule has 0 amide bonds. The number of hydrogen-bond acceptors (Lipinski definition) is 3. The fourth-order valence-corrected chi connectivity index (χ4v) is 7.96. The van der Waals surface area contributed by atoms with E-state index in [2.05, 4.69) is 26.8 Å². The van der Waals surface area contributed by atoms with Crippen LogP contribution in [0.15, 0.2) is 127 Å². The Morgan fingerprint density at radius 2 is 1.40 bits per heavy atom. The van der Waals surface area contributed by atoms with Crippen LogP contribution < -0.4 is 0 Å². The molecule has 0 radical (unpaired) electrons. The summed E-state index contributed by atoms with van der Waals surface area (Å²) in [5.41, 5.74) is 8.98. The standard InChI is InChI=1S/C58H60N3O.Pt/c1-35(2)42-28-43(36(3)4)30-44(29-42)40-21-22-52(38(6)27-40)61-53-20-16-19-48(54(53)60-56(61)49-25-37(5)26-50(55(49)62)58(10,11)12)45-31-46(33-47(32-45)57(7,8)9)51-34-41(23-24-59-51)39-17-14-13-15-18-39;/h13-30,32-36,62H,1-12H3;/q-1;/i6D3,13D,14D,15D,17D,18D,35D,36D;. The molecule has 0 saturated heterocycles. The molecule has 5 heteroatoms. The quantitative estimate of drug-likeness (QED) is 0.154. The van der Waals surface area contributed by atoms with Crippen LogP contribution in [0.2, 0.25) is 0 Å². The third-order valence-electron chi connectivity index (χ3n) is 11.5. The third-order valence-corrected chi connectivity index (χ3v) is 11.5. The first-order chi connectivity index (χ1) is 33.2. The molecule has 0 aliphatic rings. The zero-order valence-electron chi connectivity index (χ0n) is 47.8. The van der Waals surface area contributed by atoms with Crippen LogP contribution in [0.5, 0.6) is 5.75 Å². The summed E-state index contributed by atoms with van der Waals surface area (Å²) in [7, 11) is 0. The molecule has 63 heavy (non-hydrogen) atoms. The molecule has 0 fully saturated rings. The van der Waals surface area contributed by atoms with Crippen LogP contribution in [-0.4, -0.2) is 19.6 Å². The van der Waals surface area contributed by atoms with Crippen molar-refractivity contribution in [1.82, 2.24) is 14.5 Å². The van der Waals surface area contributed by atoms with Gasteiger partial charge in [0.2, 0.25) is 0 Å². The number of phenols is 1. The molecule has 1 N–H and O–H groups in total. The van der Waals surface area contributed by atoms with E-state index >= 15 is 0 Å². The maximum atomic E-state index is 12.3. The topological polar surface area (TPSA) is 50.9 Å². The second kappa shape index (κ2) is 17.5. The van der Waals surface area contributed by atoms with Crippen molar-refractivity contribution in [2.75, 3.05) is 0 Å². The monoisotopic (exact) mass is 1020 g/mol. The number of hydrogen-bond donors (Lipinski definition) is 1. The average molecular weight is 1020 g/mol. The molecule has 0 bridgehead atoms. The minimum Gasteiger partial charge on any atom is -0.507 e. The van der Waals surface area contributed by atoms with Crippen LogP contribution in [0.25, 0.3) is 72.7 Å². The van der Waals surface area contributed by atoms with Crippen LogP contribution in [0.4, 0.5) is 0 Å². The molecule has 8 aromatic rings. The molecule has 2 heterocycles. The van der Waals surface area contributed by atoms with Gasteiger partial charge in [0.15, 0.2) is 0 Å².